The van der Waals surface area contributed by atoms with Crippen LogP contribution in [0.15, 0.2) is 71.7 Å². The average molecular weight is 406 g/mol. The van der Waals surface area contributed by atoms with Crippen LogP contribution in [0.4, 0.5) is 5.69 Å². The van der Waals surface area contributed by atoms with Gasteiger partial charge in [0.1, 0.15) is 12.2 Å². The SMILES string of the molecule is O=C(O)CNC(=O)c1ncc(NC(=O)C(c2ccccc2)c2ccccc2)c(=O)[nH]1. The van der Waals surface area contributed by atoms with E-state index in [4.69, 9.17) is 5.11 Å². The number of nitrogens with one attached hydrogen (secondary N) is 3. The Balaban J connectivity index is 1.83. The van der Waals surface area contributed by atoms with Crippen LogP contribution in [0.25, 0.3) is 0 Å². The number of amides is 2. The highest BCUT2D eigenvalue weighted by Crippen LogP contribution is 2.25. The first kappa shape index (κ1) is 20.5. The van der Waals surface area contributed by atoms with Gasteiger partial charge in [-0.1, -0.05) is 60.7 Å². The Morgan fingerprint density at radius 3 is 2.03 bits per heavy atom. The van der Waals surface area contributed by atoms with E-state index in [1.54, 1.807) is 0 Å². The normalized spacial score (nSPS) is 10.4. The van der Waals surface area contributed by atoms with Gasteiger partial charge in [0.05, 0.1) is 12.1 Å². The van der Waals surface area contributed by atoms with Crippen molar-refractivity contribution in [3.63, 3.8) is 0 Å². The number of carboxylic acid groups (broad SMARTS) is 1. The van der Waals surface area contributed by atoms with Gasteiger partial charge in [0.25, 0.3) is 11.5 Å². The van der Waals surface area contributed by atoms with Gasteiger partial charge in [-0.2, -0.15) is 0 Å². The van der Waals surface area contributed by atoms with Crippen LogP contribution in [0.3, 0.4) is 0 Å². The van der Waals surface area contributed by atoms with Crippen molar-refractivity contribution in [1.82, 2.24) is 15.3 Å². The summed E-state index contributed by atoms with van der Waals surface area (Å²) in [5, 5.41) is 13.2. The van der Waals surface area contributed by atoms with Crippen molar-refractivity contribution in [2.75, 3.05) is 11.9 Å². The molecule has 152 valence electrons. The van der Waals surface area contributed by atoms with Gasteiger partial charge in [-0.05, 0) is 11.1 Å². The largest absolute Gasteiger partial charge is 0.480 e. The minimum absolute atomic E-state index is 0.133. The molecule has 9 heteroatoms. The molecule has 0 aliphatic heterocycles. The molecule has 0 spiro atoms. The Morgan fingerprint density at radius 2 is 1.53 bits per heavy atom. The van der Waals surface area contributed by atoms with Crippen molar-refractivity contribution >= 4 is 23.5 Å². The van der Waals surface area contributed by atoms with Crippen molar-refractivity contribution in [3.8, 4) is 0 Å². The highest BCUT2D eigenvalue weighted by Gasteiger charge is 2.23. The smallest absolute Gasteiger partial charge is 0.322 e. The van der Waals surface area contributed by atoms with E-state index in [1.807, 2.05) is 60.7 Å². The van der Waals surface area contributed by atoms with Gasteiger partial charge in [-0.25, -0.2) is 4.98 Å². The van der Waals surface area contributed by atoms with E-state index in [9.17, 15) is 19.2 Å². The predicted octanol–water partition coefficient (Wildman–Crippen LogP) is 1.35. The lowest BCUT2D eigenvalue weighted by Crippen LogP contribution is -2.33. The molecule has 0 fully saturated rings. The van der Waals surface area contributed by atoms with Crippen molar-refractivity contribution < 1.29 is 19.5 Å². The Bertz CT molecular complexity index is 1070. The highest BCUT2D eigenvalue weighted by atomic mass is 16.4. The average Bonchev–Trinajstić information content (AvgIpc) is 2.75. The maximum absolute atomic E-state index is 13.0. The number of H-pyrrole nitrogens is 1. The lowest BCUT2D eigenvalue weighted by Gasteiger charge is -2.17. The minimum Gasteiger partial charge on any atom is -0.480 e. The van der Waals surface area contributed by atoms with Gasteiger partial charge in [0.15, 0.2) is 5.82 Å². The molecule has 1 heterocycles. The van der Waals surface area contributed by atoms with E-state index >= 15 is 0 Å². The molecule has 2 aromatic carbocycles. The first-order valence-electron chi connectivity index (χ1n) is 8.96. The molecule has 0 unspecified atom stereocenters. The van der Waals surface area contributed by atoms with Crippen LogP contribution in [0, 0.1) is 0 Å². The number of carboxylic acids is 1. The summed E-state index contributed by atoms with van der Waals surface area (Å²) in [5.74, 6) is -3.55. The molecular weight excluding hydrogens is 388 g/mol. The third-order valence-corrected chi connectivity index (χ3v) is 4.20. The standard InChI is InChI=1S/C21H18N4O5/c26-16(27)12-23-21(30)18-22-11-15(19(28)25-18)24-20(29)17(13-7-3-1-4-8-13)14-9-5-2-6-10-14/h1-11,17H,12H2,(H,23,30)(H,24,29)(H,26,27)(H,22,25,28). The summed E-state index contributed by atoms with van der Waals surface area (Å²) in [5.41, 5.74) is 0.621. The molecule has 3 rings (SSSR count). The summed E-state index contributed by atoms with van der Waals surface area (Å²) in [4.78, 5) is 53.7. The lowest BCUT2D eigenvalue weighted by atomic mass is 9.90. The molecule has 0 aliphatic carbocycles. The zero-order chi connectivity index (χ0) is 21.5. The van der Waals surface area contributed by atoms with Gasteiger partial charge in [-0.3, -0.25) is 19.2 Å². The van der Waals surface area contributed by atoms with Crippen LogP contribution in [0.1, 0.15) is 27.7 Å². The number of hydrogen-bond donors (Lipinski definition) is 4. The Hall–Kier alpha value is -4.27. The molecule has 0 saturated carbocycles. The van der Waals surface area contributed by atoms with Gasteiger partial charge in [0, 0.05) is 0 Å². The molecule has 2 amide bonds. The summed E-state index contributed by atoms with van der Waals surface area (Å²) in [7, 11) is 0. The number of aromatic nitrogens is 2. The summed E-state index contributed by atoms with van der Waals surface area (Å²) >= 11 is 0. The Morgan fingerprint density at radius 1 is 0.967 bits per heavy atom. The number of rotatable bonds is 7. The predicted molar refractivity (Wildman–Crippen MR) is 108 cm³/mol. The van der Waals surface area contributed by atoms with Crippen LogP contribution in [0.2, 0.25) is 0 Å². The topological polar surface area (TPSA) is 141 Å². The van der Waals surface area contributed by atoms with Gasteiger partial charge < -0.3 is 20.7 Å². The van der Waals surface area contributed by atoms with Crippen LogP contribution in [-0.2, 0) is 9.59 Å². The second kappa shape index (κ2) is 9.28. The molecule has 0 radical (unpaired) electrons. The van der Waals surface area contributed by atoms with Crippen LogP contribution in [-0.4, -0.2) is 39.4 Å². The first-order valence-corrected chi connectivity index (χ1v) is 8.96. The minimum atomic E-state index is -1.23. The molecule has 4 N–H and O–H groups in total. The zero-order valence-electron chi connectivity index (χ0n) is 15.7. The first-order chi connectivity index (χ1) is 14.5. The Kier molecular flexibility index (Phi) is 6.33. The van der Waals surface area contributed by atoms with Gasteiger partial charge in [0.2, 0.25) is 5.91 Å². The lowest BCUT2D eigenvalue weighted by molar-refractivity contribution is -0.135. The quantitative estimate of drug-likeness (QED) is 0.467. The number of carbonyl (C=O) groups is 3. The number of aliphatic carboxylic acids is 1. The van der Waals surface area contributed by atoms with Gasteiger partial charge >= 0.3 is 5.97 Å². The summed E-state index contributed by atoms with van der Waals surface area (Å²) in [6.07, 6.45) is 1.06. The van der Waals surface area contributed by atoms with Crippen LogP contribution >= 0.6 is 0 Å². The summed E-state index contributed by atoms with van der Waals surface area (Å²) in [6.45, 7) is -0.614. The van der Waals surface area contributed by atoms with Crippen molar-refractivity contribution in [2.45, 2.75) is 5.92 Å². The molecule has 0 bridgehead atoms. The number of nitrogens with zero attached hydrogens (tertiary/aromatic N) is 1. The highest BCUT2D eigenvalue weighted by molar-refractivity contribution is 5.98. The molecule has 0 atom stereocenters. The molecule has 0 saturated heterocycles. The third-order valence-electron chi connectivity index (χ3n) is 4.20. The Labute approximate surface area is 170 Å². The van der Waals surface area contributed by atoms with E-state index in [2.05, 4.69) is 20.6 Å². The number of aromatic amines is 1. The number of hydrogen-bond acceptors (Lipinski definition) is 5. The van der Waals surface area contributed by atoms with Crippen molar-refractivity contribution in [3.05, 3.63) is 94.2 Å². The maximum Gasteiger partial charge on any atom is 0.322 e. The molecule has 9 nitrogen and oxygen atoms in total. The summed E-state index contributed by atoms with van der Waals surface area (Å²) in [6, 6.07) is 18.2. The molecule has 1 aromatic heterocycles. The van der Waals surface area contributed by atoms with Crippen molar-refractivity contribution in [1.29, 1.82) is 0 Å². The second-order valence-electron chi connectivity index (χ2n) is 6.29. The van der Waals surface area contributed by atoms with Crippen LogP contribution < -0.4 is 16.2 Å². The van der Waals surface area contributed by atoms with E-state index in [0.29, 0.717) is 0 Å². The van der Waals surface area contributed by atoms with E-state index < -0.39 is 35.8 Å². The van der Waals surface area contributed by atoms with E-state index in [0.717, 1.165) is 17.3 Å². The molecule has 0 aliphatic rings. The van der Waals surface area contributed by atoms with Gasteiger partial charge in [-0.15, -0.1) is 0 Å². The third kappa shape index (κ3) is 4.96. The fourth-order valence-electron chi connectivity index (χ4n) is 2.83. The fraction of sp³-hybridized carbons (Fsp3) is 0.0952. The number of anilines is 1. The van der Waals surface area contributed by atoms with E-state index in [-0.39, 0.29) is 11.5 Å². The fourth-order valence-corrected chi connectivity index (χ4v) is 2.83. The maximum atomic E-state index is 13.0. The van der Waals surface area contributed by atoms with Crippen molar-refractivity contribution in [2.24, 2.45) is 0 Å². The van der Waals surface area contributed by atoms with Crippen LogP contribution in [0.5, 0.6) is 0 Å². The van der Waals surface area contributed by atoms with E-state index in [1.165, 1.54) is 0 Å². The number of carbonyl (C=O) groups excluding carboxylic acids is 2. The summed E-state index contributed by atoms with van der Waals surface area (Å²) < 4.78 is 0. The number of benzene rings is 2. The molecular formula is C21H18N4O5. The molecule has 30 heavy (non-hydrogen) atoms. The molecule has 3 aromatic rings. The zero-order valence-corrected chi connectivity index (χ0v) is 15.7. The monoisotopic (exact) mass is 406 g/mol. The second-order valence-corrected chi connectivity index (χ2v) is 6.29.